The van der Waals surface area contributed by atoms with Crippen molar-refractivity contribution in [2.45, 2.75) is 13.0 Å². The Balaban J connectivity index is 1.66. The lowest BCUT2D eigenvalue weighted by molar-refractivity contribution is -0.120. The number of nitrogens with zero attached hydrogens (tertiary/aromatic N) is 5. The summed E-state index contributed by atoms with van der Waals surface area (Å²) < 4.78 is 15.0. The van der Waals surface area contributed by atoms with Crippen molar-refractivity contribution in [3.8, 4) is 0 Å². The molecule has 9 heteroatoms. The van der Waals surface area contributed by atoms with Crippen LogP contribution in [0.5, 0.6) is 0 Å². The molecule has 0 aliphatic carbocycles. The number of nitrogens with one attached hydrogen (secondary N) is 1. The topological polar surface area (TPSA) is 86.0 Å². The second-order valence-electron chi connectivity index (χ2n) is 6.60. The Morgan fingerprint density at radius 2 is 2.25 bits per heavy atom. The van der Waals surface area contributed by atoms with Crippen LogP contribution in [0, 0.1) is 5.82 Å². The van der Waals surface area contributed by atoms with E-state index in [9.17, 15) is 14.3 Å². The van der Waals surface area contributed by atoms with Crippen molar-refractivity contribution in [1.82, 2.24) is 20.0 Å². The summed E-state index contributed by atoms with van der Waals surface area (Å²) in [7, 11) is 1.81. The highest BCUT2D eigenvalue weighted by molar-refractivity contribution is 5.98. The molecular weight excluding hydrogens is 363 g/mol. The van der Waals surface area contributed by atoms with Crippen LogP contribution in [0.3, 0.4) is 0 Å². The molecule has 2 N–H and O–H groups in total. The van der Waals surface area contributed by atoms with Crippen LogP contribution < -0.4 is 10.2 Å². The number of halogens is 1. The molecule has 2 aromatic rings. The fourth-order valence-electron chi connectivity index (χ4n) is 3.09. The fourth-order valence-corrected chi connectivity index (χ4v) is 3.09. The van der Waals surface area contributed by atoms with E-state index in [0.717, 1.165) is 5.69 Å². The number of aryl methyl sites for hydroxylation is 1. The number of guanidine groups is 1. The normalized spacial score (nSPS) is 16.4. The number of amides is 1. The lowest BCUT2D eigenvalue weighted by atomic mass is 10.1. The number of piperazine rings is 1. The van der Waals surface area contributed by atoms with E-state index >= 15 is 0 Å². The van der Waals surface area contributed by atoms with E-state index in [-0.39, 0.29) is 19.0 Å². The number of benzene rings is 1. The molecule has 1 aromatic carbocycles. The summed E-state index contributed by atoms with van der Waals surface area (Å²) >= 11 is 0. The van der Waals surface area contributed by atoms with E-state index in [1.165, 1.54) is 12.1 Å². The Labute approximate surface area is 163 Å². The molecule has 1 aliphatic rings. The van der Waals surface area contributed by atoms with Crippen LogP contribution >= 0.6 is 0 Å². The van der Waals surface area contributed by atoms with Gasteiger partial charge in [-0.1, -0.05) is 12.1 Å². The summed E-state index contributed by atoms with van der Waals surface area (Å²) in [6.07, 6.45) is 2.56. The van der Waals surface area contributed by atoms with Crippen LogP contribution in [0.1, 0.15) is 18.6 Å². The fraction of sp³-hybridized carbons (Fsp3) is 0.421. The lowest BCUT2D eigenvalue weighted by Crippen LogP contribution is -2.55. The van der Waals surface area contributed by atoms with Gasteiger partial charge in [0.1, 0.15) is 12.4 Å². The van der Waals surface area contributed by atoms with Gasteiger partial charge in [0.05, 0.1) is 24.5 Å². The number of anilines is 1. The van der Waals surface area contributed by atoms with E-state index in [4.69, 9.17) is 0 Å². The summed E-state index contributed by atoms with van der Waals surface area (Å²) in [6.45, 7) is 3.93. The number of aromatic nitrogens is 2. The van der Waals surface area contributed by atoms with Crippen LogP contribution in [0.25, 0.3) is 0 Å². The molecule has 0 radical (unpaired) electrons. The van der Waals surface area contributed by atoms with Crippen molar-refractivity contribution >= 4 is 17.6 Å². The van der Waals surface area contributed by atoms with Crippen LogP contribution in [0.15, 0.2) is 41.7 Å². The summed E-state index contributed by atoms with van der Waals surface area (Å²) in [6, 6.07) is 5.84. The molecule has 1 saturated heterocycles. The first kappa shape index (κ1) is 19.8. The van der Waals surface area contributed by atoms with Gasteiger partial charge in [0, 0.05) is 32.9 Å². The second kappa shape index (κ2) is 8.83. The number of hydrogen-bond donors (Lipinski definition) is 2. The summed E-state index contributed by atoms with van der Waals surface area (Å²) in [5.74, 6) is 0.109. The second-order valence-corrected chi connectivity index (χ2v) is 6.60. The van der Waals surface area contributed by atoms with E-state index in [0.29, 0.717) is 31.2 Å². The van der Waals surface area contributed by atoms with Gasteiger partial charge in [-0.05, 0) is 24.6 Å². The third kappa shape index (κ3) is 4.66. The molecule has 1 fully saturated rings. The van der Waals surface area contributed by atoms with Crippen molar-refractivity contribution in [3.63, 3.8) is 0 Å². The van der Waals surface area contributed by atoms with Crippen molar-refractivity contribution in [2.75, 3.05) is 37.6 Å². The standard InChI is InChI=1S/C19H25FN6O2/c1-3-21-19(22-11-17(27)14-5-4-6-15(20)9-14)25-7-8-26(18(28)13-25)16-10-23-24(2)12-16/h4-6,9-10,12,17,27H,3,7-8,11,13H2,1-2H3,(H,21,22). The Hall–Kier alpha value is -2.94. The van der Waals surface area contributed by atoms with Gasteiger partial charge in [0.25, 0.3) is 0 Å². The van der Waals surface area contributed by atoms with Crippen LogP contribution in [0.4, 0.5) is 10.1 Å². The highest BCUT2D eigenvalue weighted by Gasteiger charge is 2.27. The molecular formula is C19H25FN6O2. The molecule has 3 rings (SSSR count). The molecule has 28 heavy (non-hydrogen) atoms. The Morgan fingerprint density at radius 1 is 1.43 bits per heavy atom. The van der Waals surface area contributed by atoms with E-state index in [1.807, 2.05) is 25.1 Å². The van der Waals surface area contributed by atoms with Crippen molar-refractivity contribution in [2.24, 2.45) is 12.0 Å². The lowest BCUT2D eigenvalue weighted by Gasteiger charge is -2.35. The predicted octanol–water partition coefficient (Wildman–Crippen LogP) is 0.907. The summed E-state index contributed by atoms with van der Waals surface area (Å²) in [4.78, 5) is 20.6. The minimum absolute atomic E-state index is 0.0458. The molecule has 2 heterocycles. The smallest absolute Gasteiger partial charge is 0.246 e. The summed E-state index contributed by atoms with van der Waals surface area (Å²) in [5.41, 5.74) is 1.24. The van der Waals surface area contributed by atoms with Gasteiger partial charge in [-0.2, -0.15) is 5.10 Å². The average molecular weight is 388 g/mol. The van der Waals surface area contributed by atoms with Gasteiger partial charge in [0.2, 0.25) is 5.91 Å². The third-order valence-corrected chi connectivity index (χ3v) is 4.51. The number of hydrogen-bond acceptors (Lipinski definition) is 4. The minimum Gasteiger partial charge on any atom is -0.386 e. The number of aliphatic hydroxyl groups is 1. The van der Waals surface area contributed by atoms with Gasteiger partial charge >= 0.3 is 0 Å². The quantitative estimate of drug-likeness (QED) is 0.587. The van der Waals surface area contributed by atoms with E-state index in [2.05, 4.69) is 15.4 Å². The number of aliphatic hydroxyl groups excluding tert-OH is 1. The van der Waals surface area contributed by atoms with Crippen molar-refractivity contribution in [1.29, 1.82) is 0 Å². The van der Waals surface area contributed by atoms with E-state index in [1.54, 1.807) is 27.9 Å². The molecule has 1 atom stereocenters. The maximum Gasteiger partial charge on any atom is 0.246 e. The third-order valence-electron chi connectivity index (χ3n) is 4.51. The van der Waals surface area contributed by atoms with Gasteiger partial charge in [-0.25, -0.2) is 4.39 Å². The highest BCUT2D eigenvalue weighted by Crippen LogP contribution is 2.17. The minimum atomic E-state index is -0.920. The van der Waals surface area contributed by atoms with Crippen LogP contribution in [0.2, 0.25) is 0 Å². The molecule has 150 valence electrons. The van der Waals surface area contributed by atoms with Gasteiger partial charge in [-0.3, -0.25) is 14.5 Å². The first-order valence-electron chi connectivity index (χ1n) is 9.23. The Bertz CT molecular complexity index is 852. The van der Waals surface area contributed by atoms with Crippen LogP contribution in [-0.4, -0.2) is 64.4 Å². The SMILES string of the molecule is CCNC(=NCC(O)c1cccc(F)c1)N1CCN(c2cnn(C)c2)C(=O)C1. The van der Waals surface area contributed by atoms with E-state index < -0.39 is 11.9 Å². The predicted molar refractivity (Wildman–Crippen MR) is 104 cm³/mol. The summed E-state index contributed by atoms with van der Waals surface area (Å²) in [5, 5.41) is 17.6. The first-order chi connectivity index (χ1) is 13.5. The first-order valence-corrected chi connectivity index (χ1v) is 9.23. The average Bonchev–Trinajstić information content (AvgIpc) is 3.10. The van der Waals surface area contributed by atoms with Crippen molar-refractivity contribution < 1.29 is 14.3 Å². The Kier molecular flexibility index (Phi) is 6.25. The number of carbonyl (C=O) groups excluding carboxylic acids is 1. The largest absolute Gasteiger partial charge is 0.386 e. The molecule has 8 nitrogen and oxygen atoms in total. The zero-order valence-corrected chi connectivity index (χ0v) is 16.0. The molecule has 1 aromatic heterocycles. The van der Waals surface area contributed by atoms with Gasteiger partial charge in [0.15, 0.2) is 5.96 Å². The maximum absolute atomic E-state index is 13.3. The molecule has 1 aliphatic heterocycles. The molecule has 0 spiro atoms. The molecule has 1 unspecified atom stereocenters. The molecule has 1 amide bonds. The molecule has 0 bridgehead atoms. The van der Waals surface area contributed by atoms with Gasteiger partial charge < -0.3 is 20.2 Å². The Morgan fingerprint density at radius 3 is 2.89 bits per heavy atom. The number of aliphatic imine (C=N–C) groups is 1. The zero-order valence-electron chi connectivity index (χ0n) is 16.0. The number of rotatable bonds is 5. The monoisotopic (exact) mass is 388 g/mol. The highest BCUT2D eigenvalue weighted by atomic mass is 19.1. The van der Waals surface area contributed by atoms with Crippen molar-refractivity contribution in [3.05, 3.63) is 48.0 Å². The van der Waals surface area contributed by atoms with Crippen LogP contribution in [-0.2, 0) is 11.8 Å². The molecule has 0 saturated carbocycles. The number of carbonyl (C=O) groups is 1. The van der Waals surface area contributed by atoms with Gasteiger partial charge in [-0.15, -0.1) is 0 Å². The zero-order chi connectivity index (χ0) is 20.1. The maximum atomic E-state index is 13.3.